The second kappa shape index (κ2) is 13.4. The van der Waals surface area contributed by atoms with Crippen molar-refractivity contribution >= 4 is 5.97 Å². The molecule has 0 amide bonds. The number of rotatable bonds is 14. The van der Waals surface area contributed by atoms with Gasteiger partial charge in [0.15, 0.2) is 0 Å². The zero-order chi connectivity index (χ0) is 20.7. The molecule has 0 radical (unpaired) electrons. The number of carbonyl (C=O) groups is 1. The largest absolute Gasteiger partial charge is 0.497 e. The molecule has 0 aliphatic rings. The Labute approximate surface area is 174 Å². The van der Waals surface area contributed by atoms with Gasteiger partial charge in [-0.2, -0.15) is 0 Å². The number of methoxy groups -OCH3 is 1. The molecule has 0 saturated heterocycles. The monoisotopic (exact) mass is 396 g/mol. The molecular weight excluding hydrogens is 364 g/mol. The van der Waals surface area contributed by atoms with Crippen molar-refractivity contribution in [3.05, 3.63) is 61.2 Å². The van der Waals surface area contributed by atoms with Crippen molar-refractivity contribution in [2.75, 3.05) is 20.3 Å². The lowest BCUT2D eigenvalue weighted by Gasteiger charge is -2.08. The van der Waals surface area contributed by atoms with Crippen LogP contribution in [0.2, 0.25) is 0 Å². The van der Waals surface area contributed by atoms with Crippen LogP contribution in [0.1, 0.15) is 44.9 Å². The highest BCUT2D eigenvalue weighted by molar-refractivity contribution is 5.81. The molecule has 29 heavy (non-hydrogen) atoms. The Morgan fingerprint density at radius 2 is 1.24 bits per heavy atom. The summed E-state index contributed by atoms with van der Waals surface area (Å²) in [7, 11) is 1.67. The van der Waals surface area contributed by atoms with E-state index in [9.17, 15) is 4.79 Å². The van der Waals surface area contributed by atoms with E-state index in [1.54, 1.807) is 7.11 Å². The zero-order valence-electron chi connectivity index (χ0n) is 17.4. The Hall–Kier alpha value is -2.75. The highest BCUT2D eigenvalue weighted by atomic mass is 16.5. The van der Waals surface area contributed by atoms with E-state index in [0.29, 0.717) is 6.61 Å². The minimum Gasteiger partial charge on any atom is -0.497 e. The SMILES string of the molecule is C=CC(=O)OCCCCCCCCCOc1ccc(-c2ccc(OC)cc2)cc1. The van der Waals surface area contributed by atoms with E-state index in [1.165, 1.54) is 37.3 Å². The first-order valence-corrected chi connectivity index (χ1v) is 10.4. The number of ether oxygens (including phenoxy) is 3. The second-order valence-electron chi connectivity index (χ2n) is 6.95. The van der Waals surface area contributed by atoms with E-state index >= 15 is 0 Å². The molecule has 0 aromatic heterocycles. The van der Waals surface area contributed by atoms with Gasteiger partial charge in [-0.25, -0.2) is 4.79 Å². The molecule has 0 fully saturated rings. The quantitative estimate of drug-likeness (QED) is 0.217. The van der Waals surface area contributed by atoms with Crippen molar-refractivity contribution < 1.29 is 19.0 Å². The lowest BCUT2D eigenvalue weighted by molar-refractivity contribution is -0.137. The Kier molecular flexibility index (Phi) is 10.4. The maximum Gasteiger partial charge on any atom is 0.330 e. The van der Waals surface area contributed by atoms with E-state index in [4.69, 9.17) is 14.2 Å². The van der Waals surface area contributed by atoms with Crippen LogP contribution >= 0.6 is 0 Å². The molecule has 0 N–H and O–H groups in total. The zero-order valence-corrected chi connectivity index (χ0v) is 17.4. The van der Waals surface area contributed by atoms with Gasteiger partial charge in [-0.05, 0) is 48.2 Å². The van der Waals surface area contributed by atoms with E-state index in [-0.39, 0.29) is 5.97 Å². The number of carbonyl (C=O) groups excluding carboxylic acids is 1. The van der Waals surface area contributed by atoms with Gasteiger partial charge >= 0.3 is 5.97 Å². The molecule has 0 saturated carbocycles. The fourth-order valence-electron chi connectivity index (χ4n) is 3.04. The van der Waals surface area contributed by atoms with Gasteiger partial charge in [0.25, 0.3) is 0 Å². The van der Waals surface area contributed by atoms with Gasteiger partial charge < -0.3 is 14.2 Å². The van der Waals surface area contributed by atoms with Gasteiger partial charge in [-0.3, -0.25) is 0 Å². The van der Waals surface area contributed by atoms with Gasteiger partial charge in [-0.15, -0.1) is 0 Å². The molecule has 0 bridgehead atoms. The summed E-state index contributed by atoms with van der Waals surface area (Å²) in [5, 5.41) is 0. The van der Waals surface area contributed by atoms with Gasteiger partial charge in [-0.1, -0.05) is 62.9 Å². The summed E-state index contributed by atoms with van der Waals surface area (Å²) < 4.78 is 16.0. The van der Waals surface area contributed by atoms with Crippen molar-refractivity contribution in [1.29, 1.82) is 0 Å². The molecule has 0 spiro atoms. The van der Waals surface area contributed by atoms with Crippen molar-refractivity contribution in [3.63, 3.8) is 0 Å². The van der Waals surface area contributed by atoms with Crippen LogP contribution in [-0.4, -0.2) is 26.3 Å². The summed E-state index contributed by atoms with van der Waals surface area (Å²) in [6, 6.07) is 16.3. The van der Waals surface area contributed by atoms with E-state index in [0.717, 1.165) is 42.9 Å². The second-order valence-corrected chi connectivity index (χ2v) is 6.95. The van der Waals surface area contributed by atoms with E-state index in [2.05, 4.69) is 30.8 Å². The number of hydrogen-bond donors (Lipinski definition) is 0. The molecule has 2 rings (SSSR count). The summed E-state index contributed by atoms with van der Waals surface area (Å²) in [5.41, 5.74) is 2.33. The molecule has 156 valence electrons. The Morgan fingerprint density at radius 3 is 1.76 bits per heavy atom. The first-order valence-electron chi connectivity index (χ1n) is 10.4. The minimum atomic E-state index is -0.333. The highest BCUT2D eigenvalue weighted by Crippen LogP contribution is 2.24. The van der Waals surface area contributed by atoms with E-state index in [1.807, 2.05) is 24.3 Å². The topological polar surface area (TPSA) is 44.8 Å². The molecule has 0 unspecified atom stereocenters. The van der Waals surface area contributed by atoms with Crippen LogP contribution in [0.5, 0.6) is 11.5 Å². The summed E-state index contributed by atoms with van der Waals surface area (Å²) in [6.07, 6.45) is 9.08. The molecule has 0 atom stereocenters. The number of esters is 1. The number of benzene rings is 2. The lowest BCUT2D eigenvalue weighted by atomic mass is 10.1. The van der Waals surface area contributed by atoms with Crippen LogP contribution in [0.15, 0.2) is 61.2 Å². The van der Waals surface area contributed by atoms with Crippen LogP contribution in [0, 0.1) is 0 Å². The van der Waals surface area contributed by atoms with Crippen LogP contribution < -0.4 is 9.47 Å². The summed E-state index contributed by atoms with van der Waals surface area (Å²) in [5.74, 6) is 1.44. The van der Waals surface area contributed by atoms with Crippen molar-refractivity contribution in [1.82, 2.24) is 0 Å². The number of unbranched alkanes of at least 4 members (excludes halogenated alkanes) is 6. The average molecular weight is 397 g/mol. The van der Waals surface area contributed by atoms with Gasteiger partial charge in [0.05, 0.1) is 20.3 Å². The molecule has 4 heteroatoms. The predicted octanol–water partition coefficient (Wildman–Crippen LogP) is 6.20. The van der Waals surface area contributed by atoms with Crippen LogP contribution in [0.4, 0.5) is 0 Å². The third-order valence-corrected chi connectivity index (χ3v) is 4.75. The summed E-state index contributed by atoms with van der Waals surface area (Å²) in [4.78, 5) is 10.9. The molecule has 0 aliphatic carbocycles. The Balaban J connectivity index is 1.52. The first kappa shape index (κ1) is 22.5. The van der Waals surface area contributed by atoms with E-state index < -0.39 is 0 Å². The third-order valence-electron chi connectivity index (χ3n) is 4.75. The first-order chi connectivity index (χ1) is 14.2. The smallest absolute Gasteiger partial charge is 0.330 e. The Morgan fingerprint density at radius 1 is 0.759 bits per heavy atom. The van der Waals surface area contributed by atoms with Gasteiger partial charge in [0.1, 0.15) is 11.5 Å². The fourth-order valence-corrected chi connectivity index (χ4v) is 3.04. The van der Waals surface area contributed by atoms with Crippen molar-refractivity contribution in [3.8, 4) is 22.6 Å². The van der Waals surface area contributed by atoms with Crippen molar-refractivity contribution in [2.24, 2.45) is 0 Å². The standard InChI is InChI=1S/C25H32O4/c1-3-25(26)29-20-10-8-6-4-5-7-9-19-28-24-17-13-22(14-18-24)21-11-15-23(27-2)16-12-21/h3,11-18H,1,4-10,19-20H2,2H3. The van der Waals surface area contributed by atoms with Gasteiger partial charge in [0.2, 0.25) is 0 Å². The molecular formula is C25H32O4. The van der Waals surface area contributed by atoms with Crippen LogP contribution in [-0.2, 0) is 9.53 Å². The maximum absolute atomic E-state index is 10.9. The molecule has 4 nitrogen and oxygen atoms in total. The lowest BCUT2D eigenvalue weighted by Crippen LogP contribution is -2.01. The molecule has 0 aliphatic heterocycles. The predicted molar refractivity (Wildman–Crippen MR) is 117 cm³/mol. The Bertz CT molecular complexity index is 719. The van der Waals surface area contributed by atoms with Crippen LogP contribution in [0.3, 0.4) is 0 Å². The maximum atomic E-state index is 10.9. The number of hydrogen-bond acceptors (Lipinski definition) is 4. The fraction of sp³-hybridized carbons (Fsp3) is 0.400. The summed E-state index contributed by atoms with van der Waals surface area (Å²) >= 11 is 0. The van der Waals surface area contributed by atoms with Crippen LogP contribution in [0.25, 0.3) is 11.1 Å². The molecule has 2 aromatic rings. The molecule has 2 aromatic carbocycles. The highest BCUT2D eigenvalue weighted by Gasteiger charge is 2.00. The minimum absolute atomic E-state index is 0.333. The molecule has 0 heterocycles. The summed E-state index contributed by atoms with van der Waals surface area (Å²) in [6.45, 7) is 4.62. The third kappa shape index (κ3) is 8.86. The normalized spacial score (nSPS) is 10.4. The van der Waals surface area contributed by atoms with Crippen molar-refractivity contribution in [2.45, 2.75) is 44.9 Å². The van der Waals surface area contributed by atoms with Gasteiger partial charge in [0, 0.05) is 6.08 Å². The average Bonchev–Trinajstić information content (AvgIpc) is 2.77.